The molecule has 0 aromatic heterocycles. The molecule has 0 heterocycles. The highest BCUT2D eigenvalue weighted by molar-refractivity contribution is 8.00. The number of hydrogen-bond acceptors (Lipinski definition) is 5. The lowest BCUT2D eigenvalue weighted by Crippen LogP contribution is -1.99. The number of methoxy groups -OCH3 is 2. The maximum atomic E-state index is 11.0. The lowest BCUT2D eigenvalue weighted by atomic mass is 10.3. The molecule has 0 atom stereocenters. The molecule has 0 aliphatic rings. The van der Waals surface area contributed by atoms with Gasteiger partial charge in [-0.15, -0.1) is 11.8 Å². The largest absolute Gasteiger partial charge is 0.493 e. The number of nitro groups is 1. The van der Waals surface area contributed by atoms with Crippen molar-refractivity contribution in [3.63, 3.8) is 0 Å². The molecule has 0 aliphatic heterocycles. The van der Waals surface area contributed by atoms with Crippen LogP contribution in [0.25, 0.3) is 0 Å². The van der Waals surface area contributed by atoms with Crippen molar-refractivity contribution in [2.45, 2.75) is 24.0 Å². The summed E-state index contributed by atoms with van der Waals surface area (Å²) < 4.78 is 10.3. The lowest BCUT2D eigenvalue weighted by Gasteiger charge is -2.13. The van der Waals surface area contributed by atoms with E-state index in [9.17, 15) is 10.1 Å². The van der Waals surface area contributed by atoms with Gasteiger partial charge >= 0.3 is 0 Å². The zero-order chi connectivity index (χ0) is 13.0. The molecular formula is C11H15NO4S. The van der Waals surface area contributed by atoms with Crippen molar-refractivity contribution in [1.29, 1.82) is 0 Å². The number of rotatable bonds is 5. The number of benzene rings is 1. The summed E-state index contributed by atoms with van der Waals surface area (Å²) in [6, 6.07) is 2.98. The van der Waals surface area contributed by atoms with Gasteiger partial charge in [-0.3, -0.25) is 10.1 Å². The SMILES string of the molecule is COc1ccc([N+](=O)[O-])c(SC(C)C)c1OC. The molecule has 1 aromatic carbocycles. The summed E-state index contributed by atoms with van der Waals surface area (Å²) in [5.74, 6) is 0.918. The van der Waals surface area contributed by atoms with Crippen molar-refractivity contribution in [3.05, 3.63) is 22.2 Å². The minimum Gasteiger partial charge on any atom is -0.493 e. The molecule has 0 radical (unpaired) electrons. The minimum absolute atomic E-state index is 0.0429. The van der Waals surface area contributed by atoms with Crippen molar-refractivity contribution in [2.24, 2.45) is 0 Å². The summed E-state index contributed by atoms with van der Waals surface area (Å²) in [5.41, 5.74) is 0.0429. The average Bonchev–Trinajstić information content (AvgIpc) is 2.27. The van der Waals surface area contributed by atoms with E-state index in [1.807, 2.05) is 13.8 Å². The number of nitro benzene ring substituents is 1. The zero-order valence-corrected chi connectivity index (χ0v) is 11.0. The topological polar surface area (TPSA) is 61.6 Å². The molecule has 0 fully saturated rings. The van der Waals surface area contributed by atoms with Gasteiger partial charge in [0.2, 0.25) is 0 Å². The lowest BCUT2D eigenvalue weighted by molar-refractivity contribution is -0.387. The molecule has 1 aromatic rings. The van der Waals surface area contributed by atoms with E-state index in [-0.39, 0.29) is 10.9 Å². The monoisotopic (exact) mass is 257 g/mol. The zero-order valence-electron chi connectivity index (χ0n) is 10.2. The van der Waals surface area contributed by atoms with Crippen molar-refractivity contribution in [1.82, 2.24) is 0 Å². The highest BCUT2D eigenvalue weighted by Crippen LogP contribution is 2.44. The second-order valence-corrected chi connectivity index (χ2v) is 5.16. The second-order valence-electron chi connectivity index (χ2n) is 3.57. The summed E-state index contributed by atoms with van der Waals surface area (Å²) in [6.45, 7) is 3.93. The van der Waals surface area contributed by atoms with Crippen molar-refractivity contribution in [3.8, 4) is 11.5 Å². The molecule has 17 heavy (non-hydrogen) atoms. The molecule has 0 unspecified atom stereocenters. The van der Waals surface area contributed by atoms with Gasteiger partial charge in [0.25, 0.3) is 5.69 Å². The summed E-state index contributed by atoms with van der Waals surface area (Å²) in [6.07, 6.45) is 0. The summed E-state index contributed by atoms with van der Waals surface area (Å²) in [7, 11) is 2.99. The van der Waals surface area contributed by atoms with Crippen LogP contribution in [0.15, 0.2) is 17.0 Å². The Hall–Kier alpha value is -1.43. The first kappa shape index (κ1) is 13.6. The van der Waals surface area contributed by atoms with E-state index in [1.165, 1.54) is 32.0 Å². The predicted octanol–water partition coefficient (Wildman–Crippen LogP) is 3.11. The van der Waals surface area contributed by atoms with Gasteiger partial charge in [0.15, 0.2) is 11.5 Å². The number of nitrogens with zero attached hydrogens (tertiary/aromatic N) is 1. The smallest absolute Gasteiger partial charge is 0.286 e. The fourth-order valence-electron chi connectivity index (χ4n) is 1.38. The van der Waals surface area contributed by atoms with Gasteiger partial charge < -0.3 is 9.47 Å². The average molecular weight is 257 g/mol. The van der Waals surface area contributed by atoms with Crippen LogP contribution >= 0.6 is 11.8 Å². The quantitative estimate of drug-likeness (QED) is 0.461. The fraction of sp³-hybridized carbons (Fsp3) is 0.455. The summed E-state index contributed by atoms with van der Waals surface area (Å²) in [4.78, 5) is 11.1. The van der Waals surface area contributed by atoms with Gasteiger partial charge in [0, 0.05) is 11.3 Å². The van der Waals surface area contributed by atoms with E-state index in [1.54, 1.807) is 6.07 Å². The molecule has 6 heteroatoms. The van der Waals surface area contributed by atoms with Crippen molar-refractivity contribution < 1.29 is 14.4 Å². The van der Waals surface area contributed by atoms with E-state index in [4.69, 9.17) is 9.47 Å². The van der Waals surface area contributed by atoms with Gasteiger partial charge in [-0.05, 0) is 6.07 Å². The van der Waals surface area contributed by atoms with Gasteiger partial charge in [-0.1, -0.05) is 13.8 Å². The van der Waals surface area contributed by atoms with E-state index in [2.05, 4.69) is 0 Å². The Bertz CT molecular complexity index is 420. The van der Waals surface area contributed by atoms with Crippen molar-refractivity contribution in [2.75, 3.05) is 14.2 Å². The predicted molar refractivity (Wildman–Crippen MR) is 67.2 cm³/mol. The van der Waals surface area contributed by atoms with Crippen LogP contribution in [0.1, 0.15) is 13.8 Å². The number of thioether (sulfide) groups is 1. The molecule has 0 spiro atoms. The molecule has 0 amide bonds. The highest BCUT2D eigenvalue weighted by Gasteiger charge is 2.23. The van der Waals surface area contributed by atoms with E-state index in [0.717, 1.165) is 0 Å². The highest BCUT2D eigenvalue weighted by atomic mass is 32.2. The summed E-state index contributed by atoms with van der Waals surface area (Å²) in [5, 5.41) is 11.2. The van der Waals surface area contributed by atoms with Crippen LogP contribution in [-0.2, 0) is 0 Å². The van der Waals surface area contributed by atoms with Crippen LogP contribution in [0.4, 0.5) is 5.69 Å². The van der Waals surface area contributed by atoms with Crippen LogP contribution in [0.3, 0.4) is 0 Å². The van der Waals surface area contributed by atoms with Crippen LogP contribution in [0, 0.1) is 10.1 Å². The normalized spacial score (nSPS) is 10.4. The molecule has 0 saturated carbocycles. The molecule has 0 saturated heterocycles. The Morgan fingerprint density at radius 2 is 1.94 bits per heavy atom. The van der Waals surface area contributed by atoms with Crippen LogP contribution in [-0.4, -0.2) is 24.4 Å². The molecule has 94 valence electrons. The van der Waals surface area contributed by atoms with E-state index in [0.29, 0.717) is 16.4 Å². The Kier molecular flexibility index (Phi) is 4.62. The molecule has 0 bridgehead atoms. The number of ether oxygens (including phenoxy) is 2. The van der Waals surface area contributed by atoms with Gasteiger partial charge in [-0.2, -0.15) is 0 Å². The Labute approximate surface area is 104 Å². The number of hydrogen-bond donors (Lipinski definition) is 0. The van der Waals surface area contributed by atoms with Crippen molar-refractivity contribution >= 4 is 17.4 Å². The van der Waals surface area contributed by atoms with E-state index < -0.39 is 4.92 Å². The van der Waals surface area contributed by atoms with Gasteiger partial charge in [-0.25, -0.2) is 0 Å². The van der Waals surface area contributed by atoms with Crippen LogP contribution in [0.5, 0.6) is 11.5 Å². The molecule has 0 N–H and O–H groups in total. The first-order valence-corrected chi connectivity index (χ1v) is 5.95. The maximum Gasteiger partial charge on any atom is 0.286 e. The van der Waals surface area contributed by atoms with Crippen LogP contribution < -0.4 is 9.47 Å². The van der Waals surface area contributed by atoms with E-state index >= 15 is 0 Å². The standard InChI is InChI=1S/C11H15NO4S/c1-7(2)17-11-8(12(13)14)5-6-9(15-3)10(11)16-4/h5-7H,1-4H3. The Balaban J connectivity index is 3.38. The second kappa shape index (κ2) is 5.77. The van der Waals surface area contributed by atoms with Crippen LogP contribution in [0.2, 0.25) is 0 Å². The Morgan fingerprint density at radius 3 is 2.35 bits per heavy atom. The summed E-state index contributed by atoms with van der Waals surface area (Å²) >= 11 is 1.39. The van der Waals surface area contributed by atoms with Gasteiger partial charge in [0.05, 0.1) is 19.1 Å². The minimum atomic E-state index is -0.410. The molecule has 5 nitrogen and oxygen atoms in total. The third kappa shape index (κ3) is 3.03. The molecular weight excluding hydrogens is 242 g/mol. The fourth-order valence-corrected chi connectivity index (χ4v) is 2.41. The Morgan fingerprint density at radius 1 is 1.29 bits per heavy atom. The first-order valence-electron chi connectivity index (χ1n) is 5.07. The maximum absolute atomic E-state index is 11.0. The third-order valence-electron chi connectivity index (χ3n) is 2.03. The molecule has 1 rings (SSSR count). The third-order valence-corrected chi connectivity index (χ3v) is 3.13. The first-order chi connectivity index (χ1) is 8.01. The molecule has 0 aliphatic carbocycles. The van der Waals surface area contributed by atoms with Gasteiger partial charge in [0.1, 0.15) is 4.90 Å².